The zero-order valence-electron chi connectivity index (χ0n) is 11.6. The number of aromatic nitrogens is 1. The summed E-state index contributed by atoms with van der Waals surface area (Å²) in [5.74, 6) is 0.218. The molecule has 0 atom stereocenters. The number of nitrogens with two attached hydrogens (primary N) is 1. The smallest absolute Gasteiger partial charge is 0.267 e. The van der Waals surface area contributed by atoms with Crippen molar-refractivity contribution in [3.63, 3.8) is 0 Å². The van der Waals surface area contributed by atoms with E-state index < -0.39 is 0 Å². The van der Waals surface area contributed by atoms with Gasteiger partial charge in [0.05, 0.1) is 13.2 Å². The van der Waals surface area contributed by atoms with Gasteiger partial charge in [-0.2, -0.15) is 0 Å². The van der Waals surface area contributed by atoms with Gasteiger partial charge in [0.15, 0.2) is 5.13 Å². The van der Waals surface area contributed by atoms with E-state index >= 15 is 0 Å². The SMILES string of the molecule is COCCNc1nc(N)c(C(=O)N2CCCOCC2)s1. The maximum atomic E-state index is 12.4. The Kier molecular flexibility index (Phi) is 5.57. The fourth-order valence-corrected chi connectivity index (χ4v) is 2.79. The van der Waals surface area contributed by atoms with Gasteiger partial charge in [0.1, 0.15) is 10.7 Å². The van der Waals surface area contributed by atoms with Crippen LogP contribution in [0.5, 0.6) is 0 Å². The highest BCUT2D eigenvalue weighted by atomic mass is 32.1. The molecule has 0 unspecified atom stereocenters. The van der Waals surface area contributed by atoms with Crippen LogP contribution in [-0.2, 0) is 9.47 Å². The lowest BCUT2D eigenvalue weighted by molar-refractivity contribution is 0.0747. The summed E-state index contributed by atoms with van der Waals surface area (Å²) >= 11 is 1.28. The summed E-state index contributed by atoms with van der Waals surface area (Å²) in [4.78, 5) is 18.9. The van der Waals surface area contributed by atoms with E-state index in [1.165, 1.54) is 11.3 Å². The van der Waals surface area contributed by atoms with Crippen LogP contribution in [-0.4, -0.2) is 62.4 Å². The number of methoxy groups -OCH3 is 1. The van der Waals surface area contributed by atoms with Crippen molar-refractivity contribution in [2.75, 3.05) is 57.6 Å². The molecule has 1 aliphatic rings. The van der Waals surface area contributed by atoms with Crippen LogP contribution in [0.3, 0.4) is 0 Å². The van der Waals surface area contributed by atoms with Crippen LogP contribution < -0.4 is 11.1 Å². The van der Waals surface area contributed by atoms with Crippen molar-refractivity contribution < 1.29 is 14.3 Å². The Balaban J connectivity index is 2.01. The van der Waals surface area contributed by atoms with Crippen LogP contribution >= 0.6 is 11.3 Å². The first-order valence-corrected chi connectivity index (χ1v) is 7.40. The van der Waals surface area contributed by atoms with Crippen molar-refractivity contribution in [3.8, 4) is 0 Å². The first-order valence-electron chi connectivity index (χ1n) is 6.58. The molecule has 0 saturated carbocycles. The van der Waals surface area contributed by atoms with Gasteiger partial charge in [-0.3, -0.25) is 4.79 Å². The largest absolute Gasteiger partial charge is 0.383 e. The first-order chi connectivity index (χ1) is 9.72. The number of thiazole rings is 1. The minimum absolute atomic E-state index is 0.0645. The highest BCUT2D eigenvalue weighted by Gasteiger charge is 2.23. The Labute approximate surface area is 122 Å². The lowest BCUT2D eigenvalue weighted by Crippen LogP contribution is -2.33. The highest BCUT2D eigenvalue weighted by Crippen LogP contribution is 2.26. The number of carbonyl (C=O) groups is 1. The second-order valence-corrected chi connectivity index (χ2v) is 5.41. The van der Waals surface area contributed by atoms with E-state index in [0.717, 1.165) is 6.42 Å². The second-order valence-electron chi connectivity index (χ2n) is 4.41. The van der Waals surface area contributed by atoms with Gasteiger partial charge in [0.25, 0.3) is 5.91 Å². The number of amides is 1. The van der Waals surface area contributed by atoms with Crippen molar-refractivity contribution >= 4 is 28.2 Å². The lowest BCUT2D eigenvalue weighted by atomic mass is 10.3. The molecule has 0 radical (unpaired) electrons. The van der Waals surface area contributed by atoms with Crippen molar-refractivity contribution in [1.29, 1.82) is 0 Å². The zero-order valence-corrected chi connectivity index (χ0v) is 12.4. The van der Waals surface area contributed by atoms with Gasteiger partial charge in [-0.15, -0.1) is 0 Å². The van der Waals surface area contributed by atoms with Crippen molar-refractivity contribution in [3.05, 3.63) is 4.88 Å². The zero-order chi connectivity index (χ0) is 14.4. The topological polar surface area (TPSA) is 89.7 Å². The summed E-state index contributed by atoms with van der Waals surface area (Å²) < 4.78 is 10.3. The average Bonchev–Trinajstić information content (AvgIpc) is 2.67. The van der Waals surface area contributed by atoms with Crippen LogP contribution in [0.4, 0.5) is 10.9 Å². The molecule has 1 amide bonds. The number of hydrogen-bond donors (Lipinski definition) is 2. The molecule has 0 bridgehead atoms. The number of nitrogens with zero attached hydrogens (tertiary/aromatic N) is 2. The van der Waals surface area contributed by atoms with E-state index in [4.69, 9.17) is 15.2 Å². The highest BCUT2D eigenvalue weighted by molar-refractivity contribution is 7.18. The number of rotatable bonds is 5. The molecule has 2 rings (SSSR count). The van der Waals surface area contributed by atoms with Crippen molar-refractivity contribution in [2.45, 2.75) is 6.42 Å². The second kappa shape index (κ2) is 7.41. The summed E-state index contributed by atoms with van der Waals surface area (Å²) in [5.41, 5.74) is 5.84. The van der Waals surface area contributed by atoms with Gasteiger partial charge in [-0.25, -0.2) is 4.98 Å². The average molecular weight is 300 g/mol. The molecule has 8 heteroatoms. The molecule has 1 aliphatic heterocycles. The third-order valence-electron chi connectivity index (χ3n) is 2.94. The minimum Gasteiger partial charge on any atom is -0.383 e. The summed E-state index contributed by atoms with van der Waals surface area (Å²) in [7, 11) is 1.63. The van der Waals surface area contributed by atoms with Crippen LogP contribution in [0, 0.1) is 0 Å². The van der Waals surface area contributed by atoms with Gasteiger partial charge >= 0.3 is 0 Å². The van der Waals surface area contributed by atoms with Crippen molar-refractivity contribution in [1.82, 2.24) is 9.88 Å². The van der Waals surface area contributed by atoms with Gasteiger partial charge < -0.3 is 25.4 Å². The molecular weight excluding hydrogens is 280 g/mol. The van der Waals surface area contributed by atoms with E-state index in [2.05, 4.69) is 10.3 Å². The van der Waals surface area contributed by atoms with Gasteiger partial charge in [0.2, 0.25) is 0 Å². The molecule has 0 spiro atoms. The van der Waals surface area contributed by atoms with Crippen LogP contribution in [0.2, 0.25) is 0 Å². The summed E-state index contributed by atoms with van der Waals surface area (Å²) in [5, 5.41) is 3.73. The normalized spacial score (nSPS) is 15.9. The molecule has 20 heavy (non-hydrogen) atoms. The molecule has 112 valence electrons. The number of hydrogen-bond acceptors (Lipinski definition) is 7. The number of nitrogens with one attached hydrogen (secondary N) is 1. The molecular formula is C12H20N4O3S. The molecule has 7 nitrogen and oxygen atoms in total. The standard InChI is InChI=1S/C12H20N4O3S/c1-18-7-3-14-12-15-10(13)9(20-12)11(17)16-4-2-6-19-8-5-16/h2-8,13H2,1H3,(H,14,15). The van der Waals surface area contributed by atoms with Gasteiger partial charge in [-0.1, -0.05) is 11.3 Å². The maximum Gasteiger partial charge on any atom is 0.267 e. The molecule has 2 heterocycles. The van der Waals surface area contributed by atoms with E-state index in [-0.39, 0.29) is 11.7 Å². The predicted octanol–water partition coefficient (Wildman–Crippen LogP) is 0.646. The molecule has 1 fully saturated rings. The Morgan fingerprint density at radius 2 is 2.40 bits per heavy atom. The quantitative estimate of drug-likeness (QED) is 0.776. The third-order valence-corrected chi connectivity index (χ3v) is 3.96. The molecule has 0 aliphatic carbocycles. The summed E-state index contributed by atoms with van der Waals surface area (Å²) in [6.07, 6.45) is 0.851. The Morgan fingerprint density at radius 3 is 3.20 bits per heavy atom. The van der Waals surface area contributed by atoms with Crippen LogP contribution in [0.25, 0.3) is 0 Å². The van der Waals surface area contributed by atoms with Gasteiger partial charge in [0, 0.05) is 33.4 Å². The van der Waals surface area contributed by atoms with E-state index in [9.17, 15) is 4.79 Å². The first kappa shape index (κ1) is 15.0. The Morgan fingerprint density at radius 1 is 1.55 bits per heavy atom. The summed E-state index contributed by atoms with van der Waals surface area (Å²) in [6, 6.07) is 0. The fourth-order valence-electron chi connectivity index (χ4n) is 1.91. The molecule has 1 aromatic heterocycles. The number of carbonyl (C=O) groups excluding carboxylic acids is 1. The number of ether oxygens (including phenoxy) is 2. The minimum atomic E-state index is -0.0645. The Bertz CT molecular complexity index is 444. The van der Waals surface area contributed by atoms with E-state index in [1.54, 1.807) is 12.0 Å². The van der Waals surface area contributed by atoms with E-state index in [1.807, 2.05) is 0 Å². The predicted molar refractivity (Wildman–Crippen MR) is 78.2 cm³/mol. The number of nitrogen functional groups attached to an aromatic ring is 1. The maximum absolute atomic E-state index is 12.4. The van der Waals surface area contributed by atoms with Gasteiger partial charge in [-0.05, 0) is 6.42 Å². The van der Waals surface area contributed by atoms with Crippen molar-refractivity contribution in [2.24, 2.45) is 0 Å². The Hall–Kier alpha value is -1.38. The molecule has 1 aromatic rings. The third kappa shape index (κ3) is 3.81. The molecule has 0 aromatic carbocycles. The van der Waals surface area contributed by atoms with Crippen LogP contribution in [0.1, 0.15) is 16.1 Å². The monoisotopic (exact) mass is 300 g/mol. The van der Waals surface area contributed by atoms with Crippen LogP contribution in [0.15, 0.2) is 0 Å². The van der Waals surface area contributed by atoms with E-state index in [0.29, 0.717) is 49.5 Å². The lowest BCUT2D eigenvalue weighted by Gasteiger charge is -2.18. The number of anilines is 2. The fraction of sp³-hybridized carbons (Fsp3) is 0.667. The summed E-state index contributed by atoms with van der Waals surface area (Å²) in [6.45, 7) is 3.78. The molecule has 1 saturated heterocycles. The molecule has 3 N–H and O–H groups in total.